The van der Waals surface area contributed by atoms with Gasteiger partial charge in [-0.25, -0.2) is 9.18 Å². The number of carbonyl (C=O) groups excluding carboxylic acids is 2. The molecule has 0 saturated carbocycles. The Morgan fingerprint density at radius 3 is 2.62 bits per heavy atom. The molecule has 1 aromatic carbocycles. The lowest BCUT2D eigenvalue weighted by molar-refractivity contribution is -0.135. The Hall–Kier alpha value is -2.61. The molecule has 1 aromatic heterocycles. The number of benzene rings is 1. The van der Waals surface area contributed by atoms with Crippen molar-refractivity contribution in [2.45, 2.75) is 59.0 Å². The van der Waals surface area contributed by atoms with Crippen molar-refractivity contribution < 1.29 is 18.7 Å². The fraction of sp³-hybridized carbons (Fsp3) is 0.538. The van der Waals surface area contributed by atoms with Crippen LogP contribution in [0.2, 0.25) is 0 Å². The van der Waals surface area contributed by atoms with Gasteiger partial charge in [-0.05, 0) is 74.4 Å². The van der Waals surface area contributed by atoms with Gasteiger partial charge in [0, 0.05) is 23.5 Å². The maximum absolute atomic E-state index is 13.5. The second kappa shape index (κ2) is 11.2. The molecule has 0 aliphatic carbocycles. The van der Waals surface area contributed by atoms with Crippen LogP contribution in [0.1, 0.15) is 57.5 Å². The van der Waals surface area contributed by atoms with Gasteiger partial charge in [-0.1, -0.05) is 20.3 Å². The molecule has 0 saturated heterocycles. The number of thiophene rings is 1. The summed E-state index contributed by atoms with van der Waals surface area (Å²) in [5.74, 6) is 0.411. The summed E-state index contributed by atoms with van der Waals surface area (Å²) in [5.41, 5.74) is 0.690. The van der Waals surface area contributed by atoms with E-state index in [1.54, 1.807) is 28.4 Å². The average Bonchev–Trinajstić information content (AvgIpc) is 3.25. The minimum absolute atomic E-state index is 0.0127. The van der Waals surface area contributed by atoms with Crippen molar-refractivity contribution in [3.63, 3.8) is 0 Å². The zero-order valence-corrected chi connectivity index (χ0v) is 21.6. The zero-order valence-electron chi connectivity index (χ0n) is 20.8. The molecule has 0 spiro atoms. The molecule has 1 N–H and O–H groups in total. The maximum atomic E-state index is 13.5. The van der Waals surface area contributed by atoms with Gasteiger partial charge in [-0.2, -0.15) is 0 Å². The SMILES string of the molecule is CC[C@@H](C)CN(CC(=O)N1CCc2sccc2[C@@H]1COc1ccc(F)cc1)C(=O)NC(C)(C)C. The predicted molar refractivity (Wildman–Crippen MR) is 134 cm³/mol. The van der Waals surface area contributed by atoms with Crippen molar-refractivity contribution in [3.05, 3.63) is 52.0 Å². The number of urea groups is 1. The molecular formula is C26H36FN3O3S. The number of rotatable bonds is 8. The molecule has 6 nitrogen and oxygen atoms in total. The summed E-state index contributed by atoms with van der Waals surface area (Å²) in [6, 6.07) is 7.44. The molecule has 8 heteroatoms. The van der Waals surface area contributed by atoms with Crippen LogP contribution in [0.3, 0.4) is 0 Å². The summed E-state index contributed by atoms with van der Waals surface area (Å²) in [4.78, 5) is 31.2. The van der Waals surface area contributed by atoms with E-state index in [4.69, 9.17) is 4.74 Å². The Kier molecular flexibility index (Phi) is 8.57. The number of carbonyl (C=O) groups is 2. The van der Waals surface area contributed by atoms with Crippen molar-refractivity contribution in [2.75, 3.05) is 26.2 Å². The minimum atomic E-state index is -0.393. The number of nitrogens with zero attached hydrogens (tertiary/aromatic N) is 2. The molecule has 3 amide bonds. The Balaban J connectivity index is 1.77. The molecule has 2 atom stereocenters. The Morgan fingerprint density at radius 1 is 1.26 bits per heavy atom. The van der Waals surface area contributed by atoms with Gasteiger partial charge in [0.25, 0.3) is 0 Å². The molecule has 34 heavy (non-hydrogen) atoms. The van der Waals surface area contributed by atoms with Gasteiger partial charge in [-0.3, -0.25) is 4.79 Å². The Bertz CT molecular complexity index is 970. The van der Waals surface area contributed by atoms with Crippen LogP contribution >= 0.6 is 11.3 Å². The minimum Gasteiger partial charge on any atom is -0.491 e. The molecular weight excluding hydrogens is 453 g/mol. The van der Waals surface area contributed by atoms with Gasteiger partial charge in [0.1, 0.15) is 24.7 Å². The number of fused-ring (bicyclic) bond motifs is 1. The van der Waals surface area contributed by atoms with Crippen LogP contribution in [0.25, 0.3) is 0 Å². The highest BCUT2D eigenvalue weighted by Crippen LogP contribution is 2.34. The molecule has 0 unspecified atom stereocenters. The summed E-state index contributed by atoms with van der Waals surface area (Å²) >= 11 is 1.69. The number of nitrogens with one attached hydrogen (secondary N) is 1. The van der Waals surface area contributed by atoms with Crippen molar-refractivity contribution in [1.29, 1.82) is 0 Å². The van der Waals surface area contributed by atoms with Crippen molar-refractivity contribution in [2.24, 2.45) is 5.92 Å². The summed E-state index contributed by atoms with van der Waals surface area (Å²) in [5, 5.41) is 5.03. The second-order valence-corrected chi connectivity index (χ2v) is 11.0. The van der Waals surface area contributed by atoms with Crippen LogP contribution in [0, 0.1) is 11.7 Å². The summed E-state index contributed by atoms with van der Waals surface area (Å²) in [6.07, 6.45) is 1.70. The summed E-state index contributed by atoms with van der Waals surface area (Å²) in [6.45, 7) is 11.3. The van der Waals surface area contributed by atoms with Crippen LogP contribution in [0.4, 0.5) is 9.18 Å². The van der Waals surface area contributed by atoms with E-state index >= 15 is 0 Å². The Labute approximate surface area is 206 Å². The van der Waals surface area contributed by atoms with Gasteiger partial charge in [-0.15, -0.1) is 11.3 Å². The van der Waals surface area contributed by atoms with Gasteiger partial charge >= 0.3 is 6.03 Å². The van der Waals surface area contributed by atoms with Crippen LogP contribution in [-0.4, -0.2) is 53.5 Å². The monoisotopic (exact) mass is 489 g/mol. The quantitative estimate of drug-likeness (QED) is 0.551. The van der Waals surface area contributed by atoms with Gasteiger partial charge in [0.15, 0.2) is 0 Å². The van der Waals surface area contributed by atoms with E-state index < -0.39 is 5.54 Å². The summed E-state index contributed by atoms with van der Waals surface area (Å²) < 4.78 is 19.2. The van der Waals surface area contributed by atoms with E-state index in [1.807, 2.05) is 37.1 Å². The molecule has 2 aromatic rings. The predicted octanol–water partition coefficient (Wildman–Crippen LogP) is 5.25. The number of hydrogen-bond acceptors (Lipinski definition) is 4. The highest BCUT2D eigenvalue weighted by Gasteiger charge is 2.34. The molecule has 0 fully saturated rings. The zero-order chi connectivity index (χ0) is 24.9. The number of hydrogen-bond donors (Lipinski definition) is 1. The first-order chi connectivity index (χ1) is 16.1. The lowest BCUT2D eigenvalue weighted by Gasteiger charge is -2.37. The third-order valence-electron chi connectivity index (χ3n) is 5.96. The van der Waals surface area contributed by atoms with Crippen LogP contribution < -0.4 is 10.1 Å². The third-order valence-corrected chi connectivity index (χ3v) is 6.96. The van der Waals surface area contributed by atoms with Crippen LogP contribution in [0.15, 0.2) is 35.7 Å². The normalized spacial score (nSPS) is 16.5. The smallest absolute Gasteiger partial charge is 0.318 e. The van der Waals surface area contributed by atoms with Gasteiger partial charge < -0.3 is 19.9 Å². The van der Waals surface area contributed by atoms with E-state index in [9.17, 15) is 14.0 Å². The summed E-state index contributed by atoms with van der Waals surface area (Å²) in [7, 11) is 0. The fourth-order valence-corrected chi connectivity index (χ4v) is 4.89. The second-order valence-electron chi connectivity index (χ2n) is 9.99. The molecule has 0 bridgehead atoms. The van der Waals surface area contributed by atoms with Gasteiger partial charge in [0.2, 0.25) is 5.91 Å². The molecule has 2 heterocycles. The first-order valence-electron chi connectivity index (χ1n) is 11.9. The first-order valence-corrected chi connectivity index (χ1v) is 12.8. The van der Waals surface area contributed by atoms with E-state index in [-0.39, 0.29) is 42.9 Å². The third kappa shape index (κ3) is 6.95. The standard InChI is InChI=1S/C26H36FN3O3S/c1-6-18(2)15-29(25(32)28-26(3,4)5)16-24(31)30-13-11-23-21(12-14-34-23)22(30)17-33-20-9-7-19(27)8-10-20/h7-10,12,14,18,22H,6,11,13,15-17H2,1-5H3,(H,28,32)/t18-,22+/m1/s1. The van der Waals surface area contributed by atoms with Crippen LogP contribution in [0.5, 0.6) is 5.75 Å². The first kappa shape index (κ1) is 26.0. The highest BCUT2D eigenvalue weighted by molar-refractivity contribution is 7.10. The highest BCUT2D eigenvalue weighted by atomic mass is 32.1. The molecule has 3 rings (SSSR count). The lowest BCUT2D eigenvalue weighted by atomic mass is 10.00. The van der Waals surface area contributed by atoms with E-state index in [2.05, 4.69) is 19.2 Å². The molecule has 186 valence electrons. The molecule has 1 aliphatic heterocycles. The fourth-order valence-electron chi connectivity index (χ4n) is 3.96. The Morgan fingerprint density at radius 2 is 1.97 bits per heavy atom. The van der Waals surface area contributed by atoms with Crippen molar-refractivity contribution in [1.82, 2.24) is 15.1 Å². The lowest BCUT2D eigenvalue weighted by Crippen LogP contribution is -2.53. The van der Waals surface area contributed by atoms with Crippen molar-refractivity contribution >= 4 is 23.3 Å². The van der Waals surface area contributed by atoms with E-state index in [0.29, 0.717) is 18.8 Å². The van der Waals surface area contributed by atoms with E-state index in [0.717, 1.165) is 18.4 Å². The van der Waals surface area contributed by atoms with Crippen LogP contribution in [-0.2, 0) is 11.2 Å². The topological polar surface area (TPSA) is 61.9 Å². The number of halogens is 1. The van der Waals surface area contributed by atoms with E-state index in [1.165, 1.54) is 17.0 Å². The van der Waals surface area contributed by atoms with Gasteiger partial charge in [0.05, 0.1) is 6.04 Å². The average molecular weight is 490 g/mol. The maximum Gasteiger partial charge on any atom is 0.318 e. The molecule has 1 aliphatic rings. The number of ether oxygens (including phenoxy) is 1. The molecule has 0 radical (unpaired) electrons. The van der Waals surface area contributed by atoms with Crippen molar-refractivity contribution in [3.8, 4) is 5.75 Å². The number of amides is 3. The largest absolute Gasteiger partial charge is 0.491 e.